The predicted octanol–water partition coefficient (Wildman–Crippen LogP) is 2.36. The average molecular weight is 287 g/mol. The summed E-state index contributed by atoms with van der Waals surface area (Å²) in [7, 11) is 0. The van der Waals surface area contributed by atoms with E-state index in [0.717, 1.165) is 12.1 Å². The van der Waals surface area contributed by atoms with Gasteiger partial charge in [-0.3, -0.25) is 19.9 Å². The van der Waals surface area contributed by atoms with Crippen molar-refractivity contribution in [2.45, 2.75) is 6.92 Å². The van der Waals surface area contributed by atoms with E-state index >= 15 is 0 Å². The molecule has 1 amide bonds. The van der Waals surface area contributed by atoms with Crippen molar-refractivity contribution in [3.63, 3.8) is 0 Å². The van der Waals surface area contributed by atoms with E-state index in [9.17, 15) is 20.0 Å². The largest absolute Gasteiger partial charge is 0.508 e. The van der Waals surface area contributed by atoms with E-state index in [1.54, 1.807) is 19.1 Å². The number of nitrogens with zero attached hydrogens (tertiary/aromatic N) is 3. The van der Waals surface area contributed by atoms with Crippen LogP contribution in [0.2, 0.25) is 0 Å². The Hall–Kier alpha value is -2.96. The number of carbonyl (C=O) groups excluding carboxylic acids is 1. The van der Waals surface area contributed by atoms with Crippen LogP contribution in [-0.2, 0) is 0 Å². The molecule has 0 saturated heterocycles. The van der Waals surface area contributed by atoms with E-state index in [1.165, 1.54) is 23.4 Å². The van der Waals surface area contributed by atoms with Crippen molar-refractivity contribution in [3.8, 4) is 5.75 Å². The Morgan fingerprint density at radius 2 is 2.00 bits per heavy atom. The van der Waals surface area contributed by atoms with E-state index in [2.05, 4.69) is 4.98 Å². The van der Waals surface area contributed by atoms with Crippen molar-refractivity contribution in [1.82, 2.24) is 4.98 Å². The van der Waals surface area contributed by atoms with Gasteiger partial charge in [0.2, 0.25) is 0 Å². The summed E-state index contributed by atoms with van der Waals surface area (Å²) < 4.78 is 0. The maximum Gasteiger partial charge on any atom is 0.282 e. The molecule has 7 nitrogen and oxygen atoms in total. The SMILES string of the molecule is CCN(C(=O)c1cc(O)ccc1[N+](=O)[O-])c1ccncc1. The van der Waals surface area contributed by atoms with E-state index < -0.39 is 10.8 Å². The number of rotatable bonds is 4. The molecule has 1 N–H and O–H groups in total. The molecular formula is C14H13N3O4. The first kappa shape index (κ1) is 14.4. The third-order valence-corrected chi connectivity index (χ3v) is 2.94. The Kier molecular flexibility index (Phi) is 4.13. The monoisotopic (exact) mass is 287 g/mol. The molecule has 1 aromatic carbocycles. The molecule has 2 aromatic rings. The first-order chi connectivity index (χ1) is 10.0. The van der Waals surface area contributed by atoms with Gasteiger partial charge in [-0.1, -0.05) is 0 Å². The van der Waals surface area contributed by atoms with Crippen molar-refractivity contribution in [2.75, 3.05) is 11.4 Å². The molecule has 7 heteroatoms. The molecule has 2 rings (SSSR count). The Balaban J connectivity index is 2.48. The van der Waals surface area contributed by atoms with Crippen LogP contribution in [0, 0.1) is 10.1 Å². The molecule has 1 aromatic heterocycles. The molecule has 108 valence electrons. The van der Waals surface area contributed by atoms with Crippen LogP contribution in [-0.4, -0.2) is 27.5 Å². The minimum atomic E-state index is -0.646. The van der Waals surface area contributed by atoms with Gasteiger partial charge in [0.25, 0.3) is 11.6 Å². The van der Waals surface area contributed by atoms with Gasteiger partial charge in [0, 0.05) is 30.7 Å². The maximum absolute atomic E-state index is 12.5. The number of nitro groups is 1. The normalized spacial score (nSPS) is 10.1. The number of pyridine rings is 1. The summed E-state index contributed by atoms with van der Waals surface area (Å²) in [5.41, 5.74) is 0.0825. The number of aromatic nitrogens is 1. The lowest BCUT2D eigenvalue weighted by Crippen LogP contribution is -2.31. The molecule has 0 aliphatic heterocycles. The quantitative estimate of drug-likeness (QED) is 0.687. The molecule has 0 fully saturated rings. The number of hydrogen-bond acceptors (Lipinski definition) is 5. The number of amides is 1. The predicted molar refractivity (Wildman–Crippen MR) is 76.3 cm³/mol. The van der Waals surface area contributed by atoms with Crippen LogP contribution in [0.5, 0.6) is 5.75 Å². The summed E-state index contributed by atoms with van der Waals surface area (Å²) >= 11 is 0. The number of carbonyl (C=O) groups is 1. The van der Waals surface area contributed by atoms with Crippen LogP contribution in [0.4, 0.5) is 11.4 Å². The second-order valence-corrected chi connectivity index (χ2v) is 4.21. The van der Waals surface area contributed by atoms with Gasteiger partial charge in [0.15, 0.2) is 0 Å². The van der Waals surface area contributed by atoms with Crippen LogP contribution in [0.15, 0.2) is 42.7 Å². The van der Waals surface area contributed by atoms with Crippen molar-refractivity contribution in [1.29, 1.82) is 0 Å². The first-order valence-electron chi connectivity index (χ1n) is 6.24. The lowest BCUT2D eigenvalue weighted by atomic mass is 10.1. The fourth-order valence-electron chi connectivity index (χ4n) is 1.97. The number of phenols is 1. The number of benzene rings is 1. The Morgan fingerprint density at radius 1 is 1.33 bits per heavy atom. The Morgan fingerprint density at radius 3 is 2.57 bits per heavy atom. The first-order valence-corrected chi connectivity index (χ1v) is 6.24. The number of phenolic OH excluding ortho intramolecular Hbond substituents is 1. The maximum atomic E-state index is 12.5. The van der Waals surface area contributed by atoms with E-state index in [1.807, 2.05) is 0 Å². The summed E-state index contributed by atoms with van der Waals surface area (Å²) in [6.07, 6.45) is 3.06. The average Bonchev–Trinajstić information content (AvgIpc) is 2.48. The van der Waals surface area contributed by atoms with Crippen molar-refractivity contribution in [3.05, 3.63) is 58.4 Å². The third-order valence-electron chi connectivity index (χ3n) is 2.94. The Labute approximate surface area is 120 Å². The smallest absolute Gasteiger partial charge is 0.282 e. The molecule has 0 saturated carbocycles. The number of hydrogen-bond donors (Lipinski definition) is 1. The minimum Gasteiger partial charge on any atom is -0.508 e. The molecule has 0 atom stereocenters. The molecule has 21 heavy (non-hydrogen) atoms. The fraction of sp³-hybridized carbons (Fsp3) is 0.143. The van der Waals surface area contributed by atoms with Gasteiger partial charge < -0.3 is 10.0 Å². The van der Waals surface area contributed by atoms with Crippen molar-refractivity contribution >= 4 is 17.3 Å². The van der Waals surface area contributed by atoms with Gasteiger partial charge >= 0.3 is 0 Å². The molecule has 1 heterocycles. The zero-order valence-electron chi connectivity index (χ0n) is 11.3. The van der Waals surface area contributed by atoms with Crippen LogP contribution >= 0.6 is 0 Å². The molecule has 0 radical (unpaired) electrons. The Bertz CT molecular complexity index is 673. The van der Waals surface area contributed by atoms with Crippen LogP contribution in [0.1, 0.15) is 17.3 Å². The molecule has 0 bridgehead atoms. The second kappa shape index (κ2) is 6.00. The lowest BCUT2D eigenvalue weighted by molar-refractivity contribution is -0.385. The lowest BCUT2D eigenvalue weighted by Gasteiger charge is -2.20. The molecule has 0 aliphatic carbocycles. The van der Waals surface area contributed by atoms with Gasteiger partial charge in [-0.15, -0.1) is 0 Å². The van der Waals surface area contributed by atoms with Crippen molar-refractivity contribution in [2.24, 2.45) is 0 Å². The highest BCUT2D eigenvalue weighted by atomic mass is 16.6. The standard InChI is InChI=1S/C14H13N3O4/c1-2-16(10-5-7-15-8-6-10)14(19)12-9-11(18)3-4-13(12)17(20)21/h3-9,18H,2H2,1H3. The number of aromatic hydroxyl groups is 1. The summed E-state index contributed by atoms with van der Waals surface area (Å²) in [5, 5.41) is 20.5. The summed E-state index contributed by atoms with van der Waals surface area (Å²) in [5.74, 6) is -0.749. The van der Waals surface area contributed by atoms with Crippen LogP contribution < -0.4 is 4.90 Å². The summed E-state index contributed by atoms with van der Waals surface area (Å²) in [6, 6.07) is 6.66. The fourth-order valence-corrected chi connectivity index (χ4v) is 1.97. The number of nitro benzene ring substituents is 1. The highest BCUT2D eigenvalue weighted by Gasteiger charge is 2.25. The van der Waals surface area contributed by atoms with Gasteiger partial charge in [0.05, 0.1) is 4.92 Å². The van der Waals surface area contributed by atoms with E-state index in [0.29, 0.717) is 12.2 Å². The van der Waals surface area contributed by atoms with Gasteiger partial charge in [-0.25, -0.2) is 0 Å². The van der Waals surface area contributed by atoms with E-state index in [4.69, 9.17) is 0 Å². The zero-order valence-corrected chi connectivity index (χ0v) is 11.3. The summed E-state index contributed by atoms with van der Waals surface area (Å²) in [4.78, 5) is 28.2. The second-order valence-electron chi connectivity index (χ2n) is 4.21. The molecule has 0 unspecified atom stereocenters. The number of anilines is 1. The van der Waals surface area contributed by atoms with Crippen molar-refractivity contribution < 1.29 is 14.8 Å². The minimum absolute atomic E-state index is 0.154. The topological polar surface area (TPSA) is 96.6 Å². The molecule has 0 spiro atoms. The van der Waals surface area contributed by atoms with Crippen LogP contribution in [0.3, 0.4) is 0 Å². The third kappa shape index (κ3) is 2.97. The highest BCUT2D eigenvalue weighted by molar-refractivity contribution is 6.08. The van der Waals surface area contributed by atoms with Crippen LogP contribution in [0.25, 0.3) is 0 Å². The summed E-state index contributed by atoms with van der Waals surface area (Å²) in [6.45, 7) is 2.09. The van der Waals surface area contributed by atoms with Gasteiger partial charge in [-0.05, 0) is 31.2 Å². The van der Waals surface area contributed by atoms with E-state index in [-0.39, 0.29) is 17.0 Å². The molecular weight excluding hydrogens is 274 g/mol. The zero-order chi connectivity index (χ0) is 15.4. The van der Waals surface area contributed by atoms with Gasteiger partial charge in [0.1, 0.15) is 11.3 Å². The van der Waals surface area contributed by atoms with Gasteiger partial charge in [-0.2, -0.15) is 0 Å². The highest BCUT2D eigenvalue weighted by Crippen LogP contribution is 2.26. The molecule has 0 aliphatic rings.